The highest BCUT2D eigenvalue weighted by molar-refractivity contribution is 7.85. The molecule has 2 aliphatic heterocycles. The molecule has 0 aromatic heterocycles. The molecule has 9 heteroatoms. The van der Waals surface area contributed by atoms with Gasteiger partial charge in [0.25, 0.3) is 10.1 Å². The van der Waals surface area contributed by atoms with Crippen molar-refractivity contribution in [3.63, 3.8) is 0 Å². The highest BCUT2D eigenvalue weighted by Gasteiger charge is 2.30. The predicted octanol–water partition coefficient (Wildman–Crippen LogP) is 0.980. The molecule has 2 rings (SSSR count). The van der Waals surface area contributed by atoms with E-state index in [1.165, 1.54) is 0 Å². The van der Waals surface area contributed by atoms with E-state index in [4.69, 9.17) is 8.92 Å². The lowest BCUT2D eigenvalue weighted by atomic mass is 10.0. The van der Waals surface area contributed by atoms with Gasteiger partial charge in [-0.15, -0.1) is 0 Å². The smallest absolute Gasteiger partial charge is 0.410 e. The lowest BCUT2D eigenvalue weighted by Gasteiger charge is -2.42. The van der Waals surface area contributed by atoms with Gasteiger partial charge in [-0.05, 0) is 46.7 Å². The number of piperidine rings is 1. The van der Waals surface area contributed by atoms with Gasteiger partial charge in [0, 0.05) is 38.8 Å². The number of carbonyl (C=O) groups is 1. The van der Waals surface area contributed by atoms with Crippen LogP contribution in [0.3, 0.4) is 0 Å². The van der Waals surface area contributed by atoms with E-state index in [1.54, 1.807) is 4.90 Å². The Morgan fingerprint density at radius 3 is 2.12 bits per heavy atom. The molecule has 1 amide bonds. The van der Waals surface area contributed by atoms with Crippen molar-refractivity contribution in [3.05, 3.63) is 0 Å². The average molecular weight is 392 g/mol. The molecule has 2 saturated heterocycles. The van der Waals surface area contributed by atoms with E-state index in [0.29, 0.717) is 25.7 Å². The average Bonchev–Trinajstić information content (AvgIpc) is 2.53. The standard InChI is InChI=1S/C17H33N3O5S/c1-17(2,3)25-16(21)20-11-9-19(10-12-20)15-5-7-18(8-6-15)13-14-24-26(4,22)23/h15H,5-14H2,1-4H3. The van der Waals surface area contributed by atoms with Crippen molar-refractivity contribution in [1.82, 2.24) is 14.7 Å². The number of piperazine rings is 1. The molecule has 0 atom stereocenters. The van der Waals surface area contributed by atoms with Crippen molar-refractivity contribution < 1.29 is 22.1 Å². The summed E-state index contributed by atoms with van der Waals surface area (Å²) in [7, 11) is -3.35. The van der Waals surface area contributed by atoms with Gasteiger partial charge in [0.1, 0.15) is 5.60 Å². The van der Waals surface area contributed by atoms with Crippen LogP contribution in [0.5, 0.6) is 0 Å². The molecule has 0 saturated carbocycles. The molecular weight excluding hydrogens is 358 g/mol. The molecule has 2 aliphatic rings. The van der Waals surface area contributed by atoms with Crippen LogP contribution >= 0.6 is 0 Å². The van der Waals surface area contributed by atoms with Crippen LogP contribution < -0.4 is 0 Å². The zero-order valence-corrected chi connectivity index (χ0v) is 17.3. The van der Waals surface area contributed by atoms with E-state index in [9.17, 15) is 13.2 Å². The second-order valence-corrected chi connectivity index (χ2v) is 9.75. The van der Waals surface area contributed by atoms with Crippen LogP contribution in [0.25, 0.3) is 0 Å². The molecule has 0 spiro atoms. The molecule has 0 unspecified atom stereocenters. The van der Waals surface area contributed by atoms with Crippen LogP contribution in [0.15, 0.2) is 0 Å². The van der Waals surface area contributed by atoms with Crippen LogP contribution in [-0.2, 0) is 19.0 Å². The Labute approximate surface area is 157 Å². The highest BCUT2D eigenvalue weighted by Crippen LogP contribution is 2.19. The lowest BCUT2D eigenvalue weighted by Crippen LogP contribution is -2.55. The van der Waals surface area contributed by atoms with Gasteiger partial charge >= 0.3 is 6.09 Å². The molecule has 0 aromatic carbocycles. The van der Waals surface area contributed by atoms with Crippen molar-refractivity contribution in [1.29, 1.82) is 0 Å². The molecule has 26 heavy (non-hydrogen) atoms. The van der Waals surface area contributed by atoms with Gasteiger partial charge < -0.3 is 14.5 Å². The number of nitrogens with zero attached hydrogens (tertiary/aromatic N) is 3. The first-order valence-corrected chi connectivity index (χ1v) is 11.1. The van der Waals surface area contributed by atoms with Gasteiger partial charge in [0.05, 0.1) is 12.9 Å². The second kappa shape index (κ2) is 8.86. The molecule has 0 bridgehead atoms. The van der Waals surface area contributed by atoms with Gasteiger partial charge in [-0.3, -0.25) is 9.08 Å². The van der Waals surface area contributed by atoms with Crippen LogP contribution in [0, 0.1) is 0 Å². The number of amides is 1. The number of rotatable bonds is 5. The van der Waals surface area contributed by atoms with Gasteiger partial charge in [-0.1, -0.05) is 0 Å². The highest BCUT2D eigenvalue weighted by atomic mass is 32.2. The van der Waals surface area contributed by atoms with Crippen LogP contribution in [0.4, 0.5) is 4.79 Å². The lowest BCUT2D eigenvalue weighted by molar-refractivity contribution is 0.00557. The van der Waals surface area contributed by atoms with Crippen molar-refractivity contribution in [2.24, 2.45) is 0 Å². The molecule has 0 N–H and O–H groups in total. The van der Waals surface area contributed by atoms with Crippen LogP contribution in [0.2, 0.25) is 0 Å². The van der Waals surface area contributed by atoms with E-state index in [-0.39, 0.29) is 12.7 Å². The fourth-order valence-electron chi connectivity index (χ4n) is 3.42. The SMILES string of the molecule is CC(C)(C)OC(=O)N1CCN(C2CCN(CCOS(C)(=O)=O)CC2)CC1. The number of hydrogen-bond acceptors (Lipinski definition) is 7. The summed E-state index contributed by atoms with van der Waals surface area (Å²) < 4.78 is 32.3. The number of hydrogen-bond donors (Lipinski definition) is 0. The molecule has 0 radical (unpaired) electrons. The summed E-state index contributed by atoms with van der Waals surface area (Å²) in [6.45, 7) is 11.6. The molecule has 152 valence electrons. The van der Waals surface area contributed by atoms with Gasteiger partial charge in [0.2, 0.25) is 0 Å². The largest absolute Gasteiger partial charge is 0.444 e. The zero-order chi connectivity index (χ0) is 19.4. The Hall–Kier alpha value is -0.900. The van der Waals surface area contributed by atoms with Crippen molar-refractivity contribution in [2.75, 3.05) is 58.7 Å². The number of likely N-dealkylation sites (tertiary alicyclic amines) is 1. The molecular formula is C17H33N3O5S. The first-order chi connectivity index (χ1) is 12.0. The first-order valence-electron chi connectivity index (χ1n) is 9.32. The van der Waals surface area contributed by atoms with Gasteiger partial charge in [0.15, 0.2) is 0 Å². The third-order valence-electron chi connectivity index (χ3n) is 4.74. The Morgan fingerprint density at radius 2 is 1.62 bits per heavy atom. The maximum atomic E-state index is 12.1. The summed E-state index contributed by atoms with van der Waals surface area (Å²) in [5.74, 6) is 0. The molecule has 0 aliphatic carbocycles. The predicted molar refractivity (Wildman–Crippen MR) is 99.6 cm³/mol. The maximum Gasteiger partial charge on any atom is 0.410 e. The summed E-state index contributed by atoms with van der Waals surface area (Å²) in [6.07, 6.45) is 2.98. The van der Waals surface area contributed by atoms with Gasteiger partial charge in [-0.2, -0.15) is 8.42 Å². The summed E-state index contributed by atoms with van der Waals surface area (Å²) >= 11 is 0. The number of carbonyl (C=O) groups excluding carboxylic acids is 1. The van der Waals surface area contributed by atoms with Gasteiger partial charge in [-0.25, -0.2) is 4.79 Å². The Kier molecular flexibility index (Phi) is 7.29. The van der Waals surface area contributed by atoms with Crippen molar-refractivity contribution in [3.8, 4) is 0 Å². The molecule has 2 heterocycles. The Morgan fingerprint density at radius 1 is 1.04 bits per heavy atom. The van der Waals surface area contributed by atoms with E-state index < -0.39 is 15.7 Å². The third kappa shape index (κ3) is 7.38. The summed E-state index contributed by atoms with van der Waals surface area (Å²) in [4.78, 5) is 18.6. The van der Waals surface area contributed by atoms with Crippen LogP contribution in [-0.4, -0.2) is 99.5 Å². The summed E-state index contributed by atoms with van der Waals surface area (Å²) in [5.41, 5.74) is -0.456. The van der Waals surface area contributed by atoms with E-state index in [0.717, 1.165) is 45.3 Å². The van der Waals surface area contributed by atoms with Crippen LogP contribution in [0.1, 0.15) is 33.6 Å². The summed E-state index contributed by atoms with van der Waals surface area (Å²) in [6, 6.07) is 0.530. The molecule has 8 nitrogen and oxygen atoms in total. The van der Waals surface area contributed by atoms with E-state index in [1.807, 2.05) is 20.8 Å². The topological polar surface area (TPSA) is 79.4 Å². The zero-order valence-electron chi connectivity index (χ0n) is 16.4. The second-order valence-electron chi connectivity index (χ2n) is 8.10. The van der Waals surface area contributed by atoms with E-state index >= 15 is 0 Å². The minimum atomic E-state index is -3.35. The minimum absolute atomic E-state index is 0.220. The van der Waals surface area contributed by atoms with E-state index in [2.05, 4.69) is 9.80 Å². The maximum absolute atomic E-state index is 12.1. The number of ether oxygens (including phenoxy) is 1. The molecule has 0 aromatic rings. The fourth-order valence-corrected chi connectivity index (χ4v) is 3.80. The van der Waals surface area contributed by atoms with Crippen molar-refractivity contribution in [2.45, 2.75) is 45.3 Å². The first kappa shape index (κ1) is 21.4. The Bertz CT molecular complexity index is 559. The Balaban J connectivity index is 1.67. The minimum Gasteiger partial charge on any atom is -0.444 e. The quantitative estimate of drug-likeness (QED) is 0.646. The summed E-state index contributed by atoms with van der Waals surface area (Å²) in [5, 5.41) is 0. The monoisotopic (exact) mass is 391 g/mol. The van der Waals surface area contributed by atoms with Crippen molar-refractivity contribution >= 4 is 16.2 Å². The third-order valence-corrected chi connectivity index (χ3v) is 5.34. The normalized spacial score (nSPS) is 21.8. The molecule has 2 fully saturated rings. The fraction of sp³-hybridized carbons (Fsp3) is 0.941.